The van der Waals surface area contributed by atoms with Crippen LogP contribution in [-0.4, -0.2) is 22.3 Å². The van der Waals surface area contributed by atoms with Crippen molar-refractivity contribution in [2.45, 2.75) is 38.1 Å². The molecule has 1 aromatic heterocycles. The summed E-state index contributed by atoms with van der Waals surface area (Å²) in [4.78, 5) is 28.8. The molecule has 6 nitrogen and oxygen atoms in total. The summed E-state index contributed by atoms with van der Waals surface area (Å²) >= 11 is 0. The van der Waals surface area contributed by atoms with Crippen LogP contribution in [0.4, 0.5) is 11.4 Å². The summed E-state index contributed by atoms with van der Waals surface area (Å²) < 4.78 is 0. The summed E-state index contributed by atoms with van der Waals surface area (Å²) in [5.74, 6) is -0.490. The Morgan fingerprint density at radius 1 is 1.07 bits per heavy atom. The average molecular weight is 425 g/mol. The van der Waals surface area contributed by atoms with Crippen LogP contribution in [-0.2, 0) is 4.79 Å². The molecule has 0 aliphatic heterocycles. The quantitative estimate of drug-likeness (QED) is 0.689. The van der Waals surface area contributed by atoms with E-state index in [2.05, 4.69) is 15.6 Å². The summed E-state index contributed by atoms with van der Waals surface area (Å²) in [5, 5.41) is 5.77. The molecule has 1 saturated carbocycles. The van der Waals surface area contributed by atoms with Gasteiger partial charge in [-0.05, 0) is 50.1 Å². The van der Waals surface area contributed by atoms with Gasteiger partial charge in [-0.25, -0.2) is 0 Å². The van der Waals surface area contributed by atoms with Gasteiger partial charge in [0, 0.05) is 34.9 Å². The summed E-state index contributed by atoms with van der Waals surface area (Å²) in [6, 6.07) is 10.4. The molecule has 28 heavy (non-hydrogen) atoms. The van der Waals surface area contributed by atoms with E-state index in [1.165, 1.54) is 0 Å². The molecule has 1 aromatic carbocycles. The number of pyridine rings is 1. The first-order valence-corrected chi connectivity index (χ1v) is 8.87. The van der Waals surface area contributed by atoms with Crippen molar-refractivity contribution in [1.29, 1.82) is 0 Å². The van der Waals surface area contributed by atoms with Crippen LogP contribution in [0.15, 0.2) is 48.8 Å². The molecule has 4 N–H and O–H groups in total. The van der Waals surface area contributed by atoms with Crippen LogP contribution in [0.25, 0.3) is 0 Å². The van der Waals surface area contributed by atoms with Crippen LogP contribution >= 0.6 is 24.8 Å². The number of amides is 2. The van der Waals surface area contributed by atoms with Crippen LogP contribution in [0.3, 0.4) is 0 Å². The molecule has 2 atom stereocenters. The second-order valence-corrected chi connectivity index (χ2v) is 7.06. The Balaban J connectivity index is 0.00000196. The van der Waals surface area contributed by atoms with Gasteiger partial charge in [0.25, 0.3) is 5.91 Å². The van der Waals surface area contributed by atoms with E-state index in [1.54, 1.807) is 48.8 Å². The monoisotopic (exact) mass is 424 g/mol. The zero-order chi connectivity index (χ0) is 18.6. The van der Waals surface area contributed by atoms with E-state index in [9.17, 15) is 9.59 Å². The van der Waals surface area contributed by atoms with E-state index in [-0.39, 0.29) is 42.5 Å². The minimum Gasteiger partial charge on any atom is -0.326 e. The number of carbonyl (C=O) groups is 2. The van der Waals surface area contributed by atoms with Crippen molar-refractivity contribution in [1.82, 2.24) is 4.98 Å². The van der Waals surface area contributed by atoms with Gasteiger partial charge in [-0.3, -0.25) is 14.6 Å². The molecule has 0 bridgehead atoms. The van der Waals surface area contributed by atoms with Gasteiger partial charge in [0.2, 0.25) is 5.91 Å². The number of carbonyl (C=O) groups excluding carboxylic acids is 2. The zero-order valence-electron chi connectivity index (χ0n) is 15.7. The number of hydrogen-bond acceptors (Lipinski definition) is 4. The van der Waals surface area contributed by atoms with Crippen molar-refractivity contribution < 1.29 is 9.59 Å². The lowest BCUT2D eigenvalue weighted by atomic mass is 9.74. The minimum absolute atomic E-state index is 0. The molecule has 152 valence electrons. The third-order valence-electron chi connectivity index (χ3n) is 4.90. The molecule has 0 radical (unpaired) electrons. The molecule has 1 fully saturated rings. The van der Waals surface area contributed by atoms with E-state index in [1.807, 2.05) is 6.92 Å². The first-order chi connectivity index (χ1) is 12.5. The van der Waals surface area contributed by atoms with Crippen molar-refractivity contribution in [2.75, 3.05) is 10.6 Å². The second kappa shape index (κ2) is 10.4. The highest BCUT2D eigenvalue weighted by atomic mass is 35.5. The van der Waals surface area contributed by atoms with Gasteiger partial charge in [-0.1, -0.05) is 18.9 Å². The number of halogens is 2. The average Bonchev–Trinajstić information content (AvgIpc) is 2.62. The van der Waals surface area contributed by atoms with Crippen molar-refractivity contribution >= 4 is 48.0 Å². The summed E-state index contributed by atoms with van der Waals surface area (Å²) in [7, 11) is 0. The Labute approximate surface area is 177 Å². The lowest BCUT2D eigenvalue weighted by molar-refractivity contribution is -0.122. The molecular formula is C20H26Cl2N4O2. The van der Waals surface area contributed by atoms with Gasteiger partial charge in [-0.15, -0.1) is 24.8 Å². The standard InChI is InChI=1S/C20H24N4O2.2ClH/c1-20(21)10-3-2-7-17(20)19(26)24-16-6-4-5-15(13-16)23-18(25)14-8-11-22-12-9-14;;/h4-6,8-9,11-13,17H,2-3,7,10,21H2,1H3,(H,23,25)(H,24,26);2*1H. The van der Waals surface area contributed by atoms with Gasteiger partial charge in [0.1, 0.15) is 0 Å². The first kappa shape index (κ1) is 23.9. The predicted octanol–water partition coefficient (Wildman–Crippen LogP) is 4.02. The zero-order valence-corrected chi connectivity index (χ0v) is 17.3. The van der Waals surface area contributed by atoms with E-state index in [0.29, 0.717) is 16.9 Å². The molecule has 1 aliphatic carbocycles. The largest absolute Gasteiger partial charge is 0.326 e. The molecule has 1 heterocycles. The van der Waals surface area contributed by atoms with Gasteiger partial charge >= 0.3 is 0 Å². The van der Waals surface area contributed by atoms with Crippen molar-refractivity contribution in [3.8, 4) is 0 Å². The smallest absolute Gasteiger partial charge is 0.255 e. The Morgan fingerprint density at radius 2 is 1.71 bits per heavy atom. The molecule has 0 spiro atoms. The summed E-state index contributed by atoms with van der Waals surface area (Å²) in [6.45, 7) is 1.95. The molecule has 1 aliphatic rings. The van der Waals surface area contributed by atoms with E-state index in [0.717, 1.165) is 25.7 Å². The predicted molar refractivity (Wildman–Crippen MR) is 116 cm³/mol. The molecule has 8 heteroatoms. The number of benzene rings is 1. The van der Waals surface area contributed by atoms with E-state index >= 15 is 0 Å². The van der Waals surface area contributed by atoms with Gasteiger partial charge < -0.3 is 16.4 Å². The lowest BCUT2D eigenvalue weighted by Crippen LogP contribution is -2.51. The molecule has 2 amide bonds. The fourth-order valence-corrected chi connectivity index (χ4v) is 3.40. The molecular weight excluding hydrogens is 399 g/mol. The maximum Gasteiger partial charge on any atom is 0.255 e. The first-order valence-electron chi connectivity index (χ1n) is 8.87. The van der Waals surface area contributed by atoms with Gasteiger partial charge in [0.15, 0.2) is 0 Å². The third kappa shape index (κ3) is 5.92. The maximum absolute atomic E-state index is 12.7. The van der Waals surface area contributed by atoms with Crippen LogP contribution < -0.4 is 16.4 Å². The van der Waals surface area contributed by atoms with Crippen molar-refractivity contribution in [3.05, 3.63) is 54.4 Å². The fraction of sp³-hybridized carbons (Fsp3) is 0.350. The van der Waals surface area contributed by atoms with E-state index in [4.69, 9.17) is 5.73 Å². The van der Waals surface area contributed by atoms with Gasteiger partial charge in [-0.2, -0.15) is 0 Å². The highest BCUT2D eigenvalue weighted by Crippen LogP contribution is 2.32. The Kier molecular flexibility index (Phi) is 8.88. The number of anilines is 2. The van der Waals surface area contributed by atoms with Crippen LogP contribution in [0.5, 0.6) is 0 Å². The molecule has 2 unspecified atom stereocenters. The topological polar surface area (TPSA) is 97.1 Å². The van der Waals surface area contributed by atoms with Crippen LogP contribution in [0, 0.1) is 5.92 Å². The second-order valence-electron chi connectivity index (χ2n) is 7.06. The van der Waals surface area contributed by atoms with Crippen molar-refractivity contribution in [2.24, 2.45) is 11.7 Å². The number of hydrogen-bond donors (Lipinski definition) is 3. The van der Waals surface area contributed by atoms with E-state index < -0.39 is 5.54 Å². The summed E-state index contributed by atoms with van der Waals surface area (Å²) in [6.07, 6.45) is 6.88. The maximum atomic E-state index is 12.7. The number of rotatable bonds is 4. The van der Waals surface area contributed by atoms with Crippen molar-refractivity contribution in [3.63, 3.8) is 0 Å². The number of nitrogens with zero attached hydrogens (tertiary/aromatic N) is 1. The minimum atomic E-state index is -0.477. The normalized spacial score (nSPS) is 20.9. The highest BCUT2D eigenvalue weighted by Gasteiger charge is 2.37. The summed E-state index contributed by atoms with van der Waals surface area (Å²) in [5.41, 5.74) is 7.62. The van der Waals surface area contributed by atoms with Crippen LogP contribution in [0.1, 0.15) is 43.0 Å². The van der Waals surface area contributed by atoms with Gasteiger partial charge in [0.05, 0.1) is 5.92 Å². The number of aromatic nitrogens is 1. The Morgan fingerprint density at radius 3 is 2.36 bits per heavy atom. The third-order valence-corrected chi connectivity index (χ3v) is 4.90. The molecule has 3 rings (SSSR count). The fourth-order valence-electron chi connectivity index (χ4n) is 3.40. The lowest BCUT2D eigenvalue weighted by Gasteiger charge is -2.37. The highest BCUT2D eigenvalue weighted by molar-refractivity contribution is 6.04. The van der Waals surface area contributed by atoms with Crippen LogP contribution in [0.2, 0.25) is 0 Å². The number of nitrogens with two attached hydrogens (primary N) is 1. The Bertz CT molecular complexity index is 800. The molecule has 0 saturated heterocycles. The Hall–Kier alpha value is -2.15. The number of nitrogens with one attached hydrogen (secondary N) is 2. The SMILES string of the molecule is CC1(N)CCCCC1C(=O)Nc1cccc(NC(=O)c2ccncc2)c1.Cl.Cl. The molecule has 2 aromatic rings.